The van der Waals surface area contributed by atoms with Crippen LogP contribution in [0, 0.1) is 5.82 Å². The fourth-order valence-electron chi connectivity index (χ4n) is 4.10. The topological polar surface area (TPSA) is 44.2 Å². The van der Waals surface area contributed by atoms with Crippen molar-refractivity contribution in [1.82, 2.24) is 9.97 Å². The van der Waals surface area contributed by atoms with Crippen LogP contribution in [0.1, 0.15) is 47.6 Å². The molecule has 0 radical (unpaired) electrons. The number of hydrogen-bond acceptors (Lipinski definition) is 4. The van der Waals surface area contributed by atoms with Gasteiger partial charge in [-0.05, 0) is 42.5 Å². The third-order valence-corrected chi connectivity index (χ3v) is 6.15. The Morgan fingerprint density at radius 2 is 1.87 bits per heavy atom. The van der Waals surface area contributed by atoms with Crippen molar-refractivity contribution < 1.29 is 13.9 Å². The summed E-state index contributed by atoms with van der Waals surface area (Å²) in [5, 5.41) is 0. The summed E-state index contributed by atoms with van der Waals surface area (Å²) in [5.41, 5.74) is 4.80. The highest BCUT2D eigenvalue weighted by molar-refractivity contribution is 9.10. The van der Waals surface area contributed by atoms with Gasteiger partial charge in [-0.3, -0.25) is 0 Å². The van der Waals surface area contributed by atoms with E-state index in [1.165, 1.54) is 11.6 Å². The van der Waals surface area contributed by atoms with Gasteiger partial charge in [0.05, 0.1) is 19.9 Å². The van der Waals surface area contributed by atoms with E-state index in [1.54, 1.807) is 14.2 Å². The monoisotopic (exact) mass is 482 g/mol. The molecule has 0 saturated heterocycles. The average molecular weight is 483 g/mol. The van der Waals surface area contributed by atoms with E-state index in [9.17, 15) is 4.39 Å². The number of rotatable bonds is 6. The first-order valence-electron chi connectivity index (χ1n) is 10.3. The second kappa shape index (κ2) is 9.60. The molecule has 6 heteroatoms. The smallest absolute Gasteiger partial charge is 0.319 e. The van der Waals surface area contributed by atoms with Crippen LogP contribution >= 0.6 is 15.9 Å². The zero-order chi connectivity index (χ0) is 21.8. The molecular formula is C25H24BrFN2O2. The van der Waals surface area contributed by atoms with E-state index in [4.69, 9.17) is 14.5 Å². The molecule has 0 spiro atoms. The van der Waals surface area contributed by atoms with Crippen molar-refractivity contribution in [3.05, 3.63) is 87.3 Å². The van der Waals surface area contributed by atoms with E-state index in [1.807, 2.05) is 30.3 Å². The molecular weight excluding hydrogens is 459 g/mol. The average Bonchev–Trinajstić information content (AvgIpc) is 2.80. The van der Waals surface area contributed by atoms with E-state index >= 15 is 0 Å². The number of hydrogen-bond donors (Lipinski definition) is 0. The third kappa shape index (κ3) is 4.79. The number of halogens is 2. The minimum Gasteiger partial charge on any atom is -0.481 e. The quantitative estimate of drug-likeness (QED) is 0.411. The molecule has 1 unspecified atom stereocenters. The van der Waals surface area contributed by atoms with Gasteiger partial charge < -0.3 is 9.47 Å². The third-order valence-electron chi connectivity index (χ3n) is 5.65. The molecule has 1 aliphatic rings. The highest BCUT2D eigenvalue weighted by Crippen LogP contribution is 2.40. The number of aromatic nitrogens is 2. The Balaban J connectivity index is 1.68. The summed E-state index contributed by atoms with van der Waals surface area (Å²) >= 11 is 3.33. The van der Waals surface area contributed by atoms with Crippen LogP contribution in [0.15, 0.2) is 59.1 Å². The van der Waals surface area contributed by atoms with Crippen LogP contribution in [0.2, 0.25) is 0 Å². The SMILES string of the molecule is COc1nc(OC)c(Cc2ccccc2)c(C2CC=C(c3ccc(Br)cc3F)CC2)n1. The largest absolute Gasteiger partial charge is 0.481 e. The van der Waals surface area contributed by atoms with Gasteiger partial charge in [-0.2, -0.15) is 9.97 Å². The Morgan fingerprint density at radius 1 is 1.06 bits per heavy atom. The highest BCUT2D eigenvalue weighted by atomic mass is 79.9. The first-order valence-corrected chi connectivity index (χ1v) is 11.1. The van der Waals surface area contributed by atoms with Crippen LogP contribution in [0.4, 0.5) is 4.39 Å². The van der Waals surface area contributed by atoms with Gasteiger partial charge in [0.15, 0.2) is 0 Å². The van der Waals surface area contributed by atoms with E-state index in [0.717, 1.165) is 40.6 Å². The van der Waals surface area contributed by atoms with Crippen molar-refractivity contribution >= 4 is 21.5 Å². The fourth-order valence-corrected chi connectivity index (χ4v) is 4.43. The first kappa shape index (κ1) is 21.5. The predicted octanol–water partition coefficient (Wildman–Crippen LogP) is 6.34. The van der Waals surface area contributed by atoms with Crippen LogP contribution in [-0.2, 0) is 6.42 Å². The van der Waals surface area contributed by atoms with Crippen LogP contribution < -0.4 is 9.47 Å². The Bertz CT molecular complexity index is 1100. The van der Waals surface area contributed by atoms with E-state index in [2.05, 4.69) is 39.1 Å². The van der Waals surface area contributed by atoms with Crippen LogP contribution in [0.5, 0.6) is 11.9 Å². The zero-order valence-electron chi connectivity index (χ0n) is 17.6. The maximum Gasteiger partial charge on any atom is 0.319 e. The summed E-state index contributed by atoms with van der Waals surface area (Å²) in [6.45, 7) is 0. The zero-order valence-corrected chi connectivity index (χ0v) is 19.2. The molecule has 1 aliphatic carbocycles. The van der Waals surface area contributed by atoms with Crippen LogP contribution in [0.25, 0.3) is 5.57 Å². The predicted molar refractivity (Wildman–Crippen MR) is 123 cm³/mol. The van der Waals surface area contributed by atoms with Crippen LogP contribution in [0.3, 0.4) is 0 Å². The summed E-state index contributed by atoms with van der Waals surface area (Å²) in [4.78, 5) is 9.14. The Labute approximate surface area is 190 Å². The maximum atomic E-state index is 14.4. The molecule has 0 saturated carbocycles. The first-order chi connectivity index (χ1) is 15.1. The molecule has 1 aromatic heterocycles. The van der Waals surface area contributed by atoms with Crippen molar-refractivity contribution in [2.24, 2.45) is 0 Å². The lowest BCUT2D eigenvalue weighted by Gasteiger charge is -2.25. The fraction of sp³-hybridized carbons (Fsp3) is 0.280. The number of benzene rings is 2. The van der Waals surface area contributed by atoms with Gasteiger partial charge in [0.25, 0.3) is 0 Å². The molecule has 160 valence electrons. The second-order valence-electron chi connectivity index (χ2n) is 7.57. The van der Waals surface area contributed by atoms with Gasteiger partial charge in [-0.1, -0.05) is 58.4 Å². The molecule has 0 fully saturated rings. The second-order valence-corrected chi connectivity index (χ2v) is 8.49. The molecule has 0 amide bonds. The lowest BCUT2D eigenvalue weighted by Crippen LogP contribution is -2.13. The molecule has 1 heterocycles. The van der Waals surface area contributed by atoms with Crippen molar-refractivity contribution in [3.63, 3.8) is 0 Å². The summed E-state index contributed by atoms with van der Waals surface area (Å²) in [5.74, 6) is 0.528. The lowest BCUT2D eigenvalue weighted by atomic mass is 9.82. The van der Waals surface area contributed by atoms with Crippen molar-refractivity contribution in [3.8, 4) is 11.9 Å². The van der Waals surface area contributed by atoms with E-state index in [-0.39, 0.29) is 11.7 Å². The Kier molecular flexibility index (Phi) is 6.66. The Hall–Kier alpha value is -2.73. The van der Waals surface area contributed by atoms with Gasteiger partial charge in [0.1, 0.15) is 5.82 Å². The minimum atomic E-state index is -0.200. The van der Waals surface area contributed by atoms with Crippen molar-refractivity contribution in [2.45, 2.75) is 31.6 Å². The van der Waals surface area contributed by atoms with E-state index in [0.29, 0.717) is 23.9 Å². The van der Waals surface area contributed by atoms with Gasteiger partial charge in [-0.25, -0.2) is 4.39 Å². The number of ether oxygens (including phenoxy) is 2. The summed E-state index contributed by atoms with van der Waals surface area (Å²) < 4.78 is 26.1. The number of nitrogens with zero attached hydrogens (tertiary/aromatic N) is 2. The summed E-state index contributed by atoms with van der Waals surface area (Å²) in [6.07, 6.45) is 5.23. The molecule has 4 rings (SSSR count). The molecule has 1 atom stereocenters. The molecule has 3 aromatic rings. The molecule has 0 aliphatic heterocycles. The molecule has 2 aromatic carbocycles. The van der Waals surface area contributed by atoms with Gasteiger partial charge in [0.2, 0.25) is 5.88 Å². The van der Waals surface area contributed by atoms with E-state index < -0.39 is 0 Å². The normalized spacial score (nSPS) is 16.0. The summed E-state index contributed by atoms with van der Waals surface area (Å²) in [7, 11) is 3.18. The van der Waals surface area contributed by atoms with Crippen molar-refractivity contribution in [1.29, 1.82) is 0 Å². The molecule has 0 bridgehead atoms. The van der Waals surface area contributed by atoms with Gasteiger partial charge >= 0.3 is 6.01 Å². The molecule has 31 heavy (non-hydrogen) atoms. The number of allylic oxidation sites excluding steroid dienone is 2. The van der Waals surface area contributed by atoms with Crippen LogP contribution in [-0.4, -0.2) is 24.2 Å². The van der Waals surface area contributed by atoms with Crippen molar-refractivity contribution in [2.75, 3.05) is 14.2 Å². The van der Waals surface area contributed by atoms with Gasteiger partial charge in [-0.15, -0.1) is 0 Å². The lowest BCUT2D eigenvalue weighted by molar-refractivity contribution is 0.344. The maximum absolute atomic E-state index is 14.4. The highest BCUT2D eigenvalue weighted by Gasteiger charge is 2.26. The number of methoxy groups -OCH3 is 2. The standard InChI is InChI=1S/C25H24BrFN2O2/c1-30-24-21(14-16-6-4-3-5-7-16)23(28-25(29-24)31-2)18-10-8-17(9-11-18)20-13-12-19(26)15-22(20)27/h3-8,12-13,15,18H,9-11,14H2,1-2H3. The Morgan fingerprint density at radius 3 is 2.52 bits per heavy atom. The molecule has 4 nitrogen and oxygen atoms in total. The minimum absolute atomic E-state index is 0.187. The molecule has 0 N–H and O–H groups in total. The summed E-state index contributed by atoms with van der Waals surface area (Å²) in [6, 6.07) is 15.7. The van der Waals surface area contributed by atoms with Gasteiger partial charge in [0, 0.05) is 27.9 Å².